The fourth-order valence-electron chi connectivity index (χ4n) is 2.15. The van der Waals surface area contributed by atoms with E-state index in [-0.39, 0.29) is 5.25 Å². The molecular formula is C14H13BrClN5S. The Morgan fingerprint density at radius 1 is 1.36 bits per heavy atom. The molecule has 0 saturated heterocycles. The molecule has 0 fully saturated rings. The Bertz CT molecular complexity index is 830. The van der Waals surface area contributed by atoms with Crippen molar-refractivity contribution in [1.29, 1.82) is 0 Å². The monoisotopic (exact) mass is 397 g/mol. The van der Waals surface area contributed by atoms with Crippen LogP contribution in [-0.2, 0) is 7.05 Å². The summed E-state index contributed by atoms with van der Waals surface area (Å²) in [5.74, 6) is 0.365. The van der Waals surface area contributed by atoms with E-state index in [2.05, 4.69) is 43.9 Å². The van der Waals surface area contributed by atoms with E-state index in [1.165, 1.54) is 17.8 Å². The molecule has 1 atom stereocenters. The maximum absolute atomic E-state index is 5.91. The average molecular weight is 399 g/mol. The van der Waals surface area contributed by atoms with Gasteiger partial charge in [-0.1, -0.05) is 23.4 Å². The van der Waals surface area contributed by atoms with Crippen LogP contribution in [0.25, 0.3) is 10.9 Å². The quantitative estimate of drug-likeness (QED) is 0.406. The number of hydrogen-bond acceptors (Lipinski definition) is 5. The summed E-state index contributed by atoms with van der Waals surface area (Å²) < 4.78 is 3.09. The van der Waals surface area contributed by atoms with Crippen LogP contribution in [0, 0.1) is 0 Å². The summed E-state index contributed by atoms with van der Waals surface area (Å²) in [5, 5.41) is 2.10. The van der Waals surface area contributed by atoms with E-state index in [9.17, 15) is 0 Å². The molecular weight excluding hydrogens is 386 g/mol. The van der Waals surface area contributed by atoms with Crippen molar-refractivity contribution in [2.75, 3.05) is 5.73 Å². The van der Waals surface area contributed by atoms with Crippen LogP contribution in [0.3, 0.4) is 0 Å². The average Bonchev–Trinajstić information content (AvgIpc) is 2.72. The molecule has 8 heteroatoms. The number of nitrogens with two attached hydrogens (primary N) is 1. The first-order chi connectivity index (χ1) is 10.4. The van der Waals surface area contributed by atoms with Gasteiger partial charge in [-0.3, -0.25) is 4.98 Å². The highest BCUT2D eigenvalue weighted by Gasteiger charge is 2.14. The number of halogens is 2. The van der Waals surface area contributed by atoms with Crippen molar-refractivity contribution in [2.45, 2.75) is 17.3 Å². The number of anilines is 1. The van der Waals surface area contributed by atoms with Crippen LogP contribution in [0.5, 0.6) is 0 Å². The van der Waals surface area contributed by atoms with Crippen molar-refractivity contribution in [3.05, 3.63) is 39.8 Å². The molecule has 0 amide bonds. The second kappa shape index (κ2) is 6.06. The molecule has 3 aromatic rings. The first-order valence-electron chi connectivity index (χ1n) is 6.51. The highest BCUT2D eigenvalue weighted by molar-refractivity contribution is 9.10. The number of thioether (sulfide) groups is 1. The van der Waals surface area contributed by atoms with Gasteiger partial charge >= 0.3 is 0 Å². The number of rotatable bonds is 3. The highest BCUT2D eigenvalue weighted by Crippen LogP contribution is 2.35. The van der Waals surface area contributed by atoms with Crippen molar-refractivity contribution in [3.8, 4) is 0 Å². The standard InChI is InChI=1S/C14H13BrClN5S/c1-7(22-14-19-12(16)4-13(17)20-14)10-3-8-9(15)6-21(2)11(8)5-18-10/h3-7H,1-2H3,(H2,17,19,20). The molecule has 0 aliphatic heterocycles. The van der Waals surface area contributed by atoms with Gasteiger partial charge in [0, 0.05) is 29.2 Å². The Morgan fingerprint density at radius 3 is 2.86 bits per heavy atom. The zero-order valence-corrected chi connectivity index (χ0v) is 15.1. The fraction of sp³-hybridized carbons (Fsp3) is 0.214. The molecule has 1 unspecified atom stereocenters. The lowest BCUT2D eigenvalue weighted by molar-refractivity contribution is 0.939. The smallest absolute Gasteiger partial charge is 0.191 e. The molecule has 2 N–H and O–H groups in total. The van der Waals surface area contributed by atoms with Crippen molar-refractivity contribution in [2.24, 2.45) is 7.05 Å². The van der Waals surface area contributed by atoms with Crippen LogP contribution in [0.15, 0.2) is 34.2 Å². The minimum absolute atomic E-state index is 0.0781. The molecule has 0 spiro atoms. The SMILES string of the molecule is CC(Sc1nc(N)cc(Cl)n1)c1cc2c(Br)cn(C)c2cn1. The molecule has 3 heterocycles. The Morgan fingerprint density at radius 2 is 2.14 bits per heavy atom. The fourth-order valence-corrected chi connectivity index (χ4v) is 3.89. The minimum Gasteiger partial charge on any atom is -0.384 e. The van der Waals surface area contributed by atoms with E-state index in [4.69, 9.17) is 17.3 Å². The van der Waals surface area contributed by atoms with Crippen molar-refractivity contribution >= 4 is 56.0 Å². The summed E-state index contributed by atoms with van der Waals surface area (Å²) in [6.45, 7) is 2.05. The summed E-state index contributed by atoms with van der Waals surface area (Å²) >= 11 is 11.0. The van der Waals surface area contributed by atoms with E-state index in [1.54, 1.807) is 0 Å². The van der Waals surface area contributed by atoms with Crippen LogP contribution in [0.1, 0.15) is 17.9 Å². The van der Waals surface area contributed by atoms with Crippen LogP contribution < -0.4 is 5.73 Å². The van der Waals surface area contributed by atoms with E-state index in [0.717, 1.165) is 21.1 Å². The summed E-state index contributed by atoms with van der Waals surface area (Å²) in [5.41, 5.74) is 7.73. The predicted molar refractivity (Wildman–Crippen MR) is 94.1 cm³/mol. The number of fused-ring (bicyclic) bond motifs is 1. The lowest BCUT2D eigenvalue weighted by Gasteiger charge is -2.10. The normalized spacial score (nSPS) is 12.7. The molecule has 3 aromatic heterocycles. The molecule has 0 aliphatic rings. The summed E-state index contributed by atoms with van der Waals surface area (Å²) in [6, 6.07) is 3.60. The van der Waals surface area contributed by atoms with Crippen molar-refractivity contribution in [1.82, 2.24) is 19.5 Å². The molecule has 22 heavy (non-hydrogen) atoms. The molecule has 114 valence electrons. The first kappa shape index (κ1) is 15.6. The largest absolute Gasteiger partial charge is 0.384 e. The highest BCUT2D eigenvalue weighted by atomic mass is 79.9. The first-order valence-corrected chi connectivity index (χ1v) is 8.56. The van der Waals surface area contributed by atoms with Gasteiger partial charge in [0.1, 0.15) is 11.0 Å². The summed E-state index contributed by atoms with van der Waals surface area (Å²) in [6.07, 6.45) is 3.90. The predicted octanol–water partition coefficient (Wildman–Crippen LogP) is 4.21. The third kappa shape index (κ3) is 3.06. The van der Waals surface area contributed by atoms with E-state index < -0.39 is 0 Å². The van der Waals surface area contributed by atoms with Crippen LogP contribution >= 0.6 is 39.3 Å². The van der Waals surface area contributed by atoms with E-state index >= 15 is 0 Å². The summed E-state index contributed by atoms with van der Waals surface area (Å²) in [4.78, 5) is 12.9. The van der Waals surface area contributed by atoms with Gasteiger partial charge in [-0.2, -0.15) is 0 Å². The molecule has 0 saturated carbocycles. The third-order valence-corrected chi connectivity index (χ3v) is 5.06. The maximum atomic E-state index is 5.91. The van der Waals surface area contributed by atoms with Gasteiger partial charge in [0.25, 0.3) is 0 Å². The maximum Gasteiger partial charge on any atom is 0.191 e. The molecule has 0 aliphatic carbocycles. The zero-order chi connectivity index (χ0) is 15.9. The number of nitrogens with zero attached hydrogens (tertiary/aromatic N) is 4. The van der Waals surface area contributed by atoms with Crippen LogP contribution in [-0.4, -0.2) is 19.5 Å². The third-order valence-electron chi connectivity index (χ3n) is 3.24. The molecule has 0 aromatic carbocycles. The van der Waals surface area contributed by atoms with Gasteiger partial charge in [0.2, 0.25) is 0 Å². The van der Waals surface area contributed by atoms with Gasteiger partial charge < -0.3 is 10.3 Å². The molecule has 0 radical (unpaired) electrons. The lowest BCUT2D eigenvalue weighted by Crippen LogP contribution is -1.98. The number of pyridine rings is 1. The van der Waals surface area contributed by atoms with Gasteiger partial charge in [0.15, 0.2) is 5.16 Å². The second-order valence-electron chi connectivity index (χ2n) is 4.87. The summed E-state index contributed by atoms with van der Waals surface area (Å²) in [7, 11) is 2.00. The van der Waals surface area contributed by atoms with E-state index in [0.29, 0.717) is 16.1 Å². The number of hydrogen-bond donors (Lipinski definition) is 1. The lowest BCUT2D eigenvalue weighted by atomic mass is 10.2. The number of aryl methyl sites for hydroxylation is 1. The Hall–Kier alpha value is -1.31. The minimum atomic E-state index is 0.0781. The van der Waals surface area contributed by atoms with Crippen molar-refractivity contribution < 1.29 is 0 Å². The molecule has 3 rings (SSSR count). The Kier molecular flexibility index (Phi) is 4.29. The number of nitrogen functional groups attached to an aromatic ring is 1. The molecule has 0 bridgehead atoms. The number of aromatic nitrogens is 4. The van der Waals surface area contributed by atoms with E-state index in [1.807, 2.05) is 24.0 Å². The van der Waals surface area contributed by atoms with Gasteiger partial charge in [-0.15, -0.1) is 0 Å². The van der Waals surface area contributed by atoms with Crippen LogP contribution in [0.2, 0.25) is 5.15 Å². The second-order valence-corrected chi connectivity index (χ2v) is 7.42. The van der Waals surface area contributed by atoms with Gasteiger partial charge in [-0.05, 0) is 28.9 Å². The van der Waals surface area contributed by atoms with Gasteiger partial charge in [-0.25, -0.2) is 9.97 Å². The Balaban J connectivity index is 1.91. The van der Waals surface area contributed by atoms with Gasteiger partial charge in [0.05, 0.1) is 22.7 Å². The van der Waals surface area contributed by atoms with Crippen LogP contribution in [0.4, 0.5) is 5.82 Å². The topological polar surface area (TPSA) is 69.6 Å². The zero-order valence-electron chi connectivity index (χ0n) is 11.9. The van der Waals surface area contributed by atoms with Crippen molar-refractivity contribution in [3.63, 3.8) is 0 Å². The Labute approximate surface area is 145 Å². The molecule has 5 nitrogen and oxygen atoms in total.